The van der Waals surface area contributed by atoms with Gasteiger partial charge in [0.25, 0.3) is 5.91 Å². The monoisotopic (exact) mass is 327 g/mol. The average molecular weight is 328 g/mol. The van der Waals surface area contributed by atoms with Crippen molar-refractivity contribution in [2.45, 2.75) is 18.9 Å². The van der Waals surface area contributed by atoms with Crippen molar-refractivity contribution in [3.63, 3.8) is 0 Å². The van der Waals surface area contributed by atoms with Crippen LogP contribution in [0.2, 0.25) is 0 Å². The summed E-state index contributed by atoms with van der Waals surface area (Å²) in [5, 5.41) is 21.1. The van der Waals surface area contributed by atoms with E-state index < -0.39 is 32.3 Å². The molecule has 0 saturated heterocycles. The third-order valence-corrected chi connectivity index (χ3v) is 5.29. The van der Waals surface area contributed by atoms with Gasteiger partial charge in [0.2, 0.25) is 0 Å². The van der Waals surface area contributed by atoms with Crippen LogP contribution in [0.5, 0.6) is 0 Å². The Morgan fingerprint density at radius 3 is 2.37 bits per heavy atom. The topological polar surface area (TPSA) is 104 Å². The molecular weight excluding hydrogens is 317 g/mol. The highest BCUT2D eigenvalue weighted by molar-refractivity contribution is 8.70. The minimum absolute atomic E-state index is 0.0809. The van der Waals surface area contributed by atoms with E-state index in [-0.39, 0.29) is 17.7 Å². The molecule has 0 unspecified atom stereocenters. The molecule has 0 aromatic heterocycles. The summed E-state index contributed by atoms with van der Waals surface area (Å²) in [4.78, 5) is 33.3. The summed E-state index contributed by atoms with van der Waals surface area (Å²) >= 11 is 0. The third kappa shape index (κ3) is 4.45. The second-order valence-corrected chi connectivity index (χ2v) is 8.79. The van der Waals surface area contributed by atoms with Crippen LogP contribution in [0.4, 0.5) is 0 Å². The molecule has 0 aliphatic carbocycles. The van der Waals surface area contributed by atoms with E-state index in [9.17, 15) is 14.4 Å². The molecule has 9 heteroatoms. The highest BCUT2D eigenvalue weighted by atomic mass is 36.0. The smallest absolute Gasteiger partial charge is 0.326 e. The standard InChI is InChI=1S/C10H11Cl2NO5S/c11-19(12)5-1-2-7(19)9(16)13-6(10(17)18)3-4-8(14)15/h1-2,5-6H,3-4H2,(H,13,16)(H,14,15)(H,17,18)/t6-/m0/s1. The molecule has 0 bridgehead atoms. The first-order valence-electron chi connectivity index (χ1n) is 5.10. The van der Waals surface area contributed by atoms with Crippen LogP contribution in [-0.4, -0.2) is 34.1 Å². The zero-order valence-electron chi connectivity index (χ0n) is 9.51. The zero-order chi connectivity index (χ0) is 14.6. The van der Waals surface area contributed by atoms with Gasteiger partial charge in [-0.15, -0.1) is 0 Å². The van der Waals surface area contributed by atoms with Crippen molar-refractivity contribution in [1.29, 1.82) is 0 Å². The fourth-order valence-electron chi connectivity index (χ4n) is 1.34. The quantitative estimate of drug-likeness (QED) is 0.691. The summed E-state index contributed by atoms with van der Waals surface area (Å²) < 4.78 is 0. The van der Waals surface area contributed by atoms with Gasteiger partial charge in [-0.05, 0) is 47.7 Å². The number of allylic oxidation sites excluding steroid dienone is 2. The van der Waals surface area contributed by atoms with Crippen LogP contribution >= 0.6 is 29.8 Å². The van der Waals surface area contributed by atoms with Gasteiger partial charge >= 0.3 is 11.9 Å². The van der Waals surface area contributed by atoms with Gasteiger partial charge in [0.15, 0.2) is 0 Å². The van der Waals surface area contributed by atoms with Gasteiger partial charge in [0, 0.05) is 6.42 Å². The minimum Gasteiger partial charge on any atom is -0.481 e. The summed E-state index contributed by atoms with van der Waals surface area (Å²) in [7, 11) is 9.44. The van der Waals surface area contributed by atoms with Gasteiger partial charge in [0.1, 0.15) is 6.04 Å². The number of nitrogens with one attached hydrogen (secondary N) is 1. The molecule has 6 nitrogen and oxygen atoms in total. The number of carbonyl (C=O) groups is 3. The number of aliphatic carboxylic acids is 2. The van der Waals surface area contributed by atoms with Crippen LogP contribution < -0.4 is 5.32 Å². The molecule has 1 aliphatic heterocycles. The van der Waals surface area contributed by atoms with Crippen LogP contribution in [0.3, 0.4) is 0 Å². The third-order valence-electron chi connectivity index (χ3n) is 2.26. The van der Waals surface area contributed by atoms with Gasteiger partial charge in [-0.3, -0.25) is 9.59 Å². The maximum Gasteiger partial charge on any atom is 0.326 e. The summed E-state index contributed by atoms with van der Waals surface area (Å²) in [6.07, 6.45) is 2.33. The molecule has 0 aromatic rings. The van der Waals surface area contributed by atoms with Crippen molar-refractivity contribution >= 4 is 47.7 Å². The summed E-state index contributed by atoms with van der Waals surface area (Å²) in [5.41, 5.74) is 0. The lowest BCUT2D eigenvalue weighted by Gasteiger charge is -2.21. The Morgan fingerprint density at radius 1 is 1.32 bits per heavy atom. The van der Waals surface area contributed by atoms with Crippen molar-refractivity contribution in [1.82, 2.24) is 5.32 Å². The van der Waals surface area contributed by atoms with E-state index in [1.165, 1.54) is 17.6 Å². The molecule has 19 heavy (non-hydrogen) atoms. The van der Waals surface area contributed by atoms with Crippen molar-refractivity contribution in [3.05, 3.63) is 22.5 Å². The Morgan fingerprint density at radius 2 is 1.95 bits per heavy atom. The van der Waals surface area contributed by atoms with Crippen LogP contribution in [0.25, 0.3) is 0 Å². The number of carboxylic acids is 2. The van der Waals surface area contributed by atoms with E-state index >= 15 is 0 Å². The molecule has 106 valence electrons. The highest BCUT2D eigenvalue weighted by Gasteiger charge is 2.32. The van der Waals surface area contributed by atoms with E-state index in [4.69, 9.17) is 31.6 Å². The van der Waals surface area contributed by atoms with Crippen molar-refractivity contribution in [2.75, 3.05) is 0 Å². The number of rotatable bonds is 6. The summed E-state index contributed by atoms with van der Waals surface area (Å²) in [6.45, 7) is 0. The molecule has 3 N–H and O–H groups in total. The van der Waals surface area contributed by atoms with Gasteiger partial charge in [0.05, 0.1) is 4.91 Å². The maximum absolute atomic E-state index is 11.8. The highest BCUT2D eigenvalue weighted by Crippen LogP contribution is 2.68. The second-order valence-electron chi connectivity index (χ2n) is 3.66. The number of carbonyl (C=O) groups excluding carboxylic acids is 1. The fourth-order valence-corrected chi connectivity index (χ4v) is 3.42. The number of hydrogen-bond donors (Lipinski definition) is 3. The molecule has 0 fully saturated rings. The lowest BCUT2D eigenvalue weighted by atomic mass is 10.1. The number of amides is 1. The first-order valence-corrected chi connectivity index (χ1v) is 8.45. The van der Waals surface area contributed by atoms with Crippen molar-refractivity contribution in [3.8, 4) is 0 Å². The Hall–Kier alpha value is -1.18. The average Bonchev–Trinajstić information content (AvgIpc) is 2.63. The molecule has 1 rings (SSSR count). The molecule has 0 spiro atoms. The lowest BCUT2D eigenvalue weighted by Crippen LogP contribution is -2.41. The predicted molar refractivity (Wildman–Crippen MR) is 73.0 cm³/mol. The fraction of sp³-hybridized carbons (Fsp3) is 0.300. The predicted octanol–water partition coefficient (Wildman–Crippen LogP) is 1.94. The number of hydrogen-bond acceptors (Lipinski definition) is 3. The largest absolute Gasteiger partial charge is 0.481 e. The molecule has 0 radical (unpaired) electrons. The molecule has 0 saturated carbocycles. The minimum atomic E-state index is -2.39. The first kappa shape index (κ1) is 15.9. The molecule has 0 aromatic carbocycles. The molecule has 1 amide bonds. The van der Waals surface area contributed by atoms with E-state index in [1.54, 1.807) is 0 Å². The molecule has 1 atom stereocenters. The van der Waals surface area contributed by atoms with Gasteiger partial charge in [-0.2, -0.15) is 0 Å². The second kappa shape index (κ2) is 6.31. The van der Waals surface area contributed by atoms with E-state index in [1.807, 2.05) is 0 Å². The van der Waals surface area contributed by atoms with Gasteiger partial charge < -0.3 is 15.5 Å². The maximum atomic E-state index is 11.8. The molecule has 1 heterocycles. The Kier molecular flexibility index (Phi) is 5.28. The zero-order valence-corrected chi connectivity index (χ0v) is 11.8. The Labute approximate surface area is 119 Å². The number of halogens is 2. The van der Waals surface area contributed by atoms with Crippen molar-refractivity contribution in [2.24, 2.45) is 0 Å². The normalized spacial score (nSPS) is 19.4. The Bertz CT molecular complexity index is 475. The van der Waals surface area contributed by atoms with Crippen LogP contribution in [0, 0.1) is 0 Å². The SMILES string of the molecule is O=C(O)CC[C@H](NC(=O)C1=CC=CS1(Cl)Cl)C(=O)O. The first-order chi connectivity index (χ1) is 8.74. The van der Waals surface area contributed by atoms with Crippen LogP contribution in [0.15, 0.2) is 22.5 Å². The summed E-state index contributed by atoms with van der Waals surface area (Å²) in [6, 6.07) is -1.30. The van der Waals surface area contributed by atoms with E-state index in [0.717, 1.165) is 0 Å². The van der Waals surface area contributed by atoms with E-state index in [2.05, 4.69) is 5.32 Å². The molecule has 1 aliphatic rings. The Balaban J connectivity index is 2.68. The molecular formula is C10H11Cl2NO5S. The van der Waals surface area contributed by atoms with Crippen LogP contribution in [0.1, 0.15) is 12.8 Å². The van der Waals surface area contributed by atoms with E-state index in [0.29, 0.717) is 0 Å². The summed E-state index contributed by atoms with van der Waals surface area (Å²) in [5.74, 6) is -3.16. The van der Waals surface area contributed by atoms with Crippen molar-refractivity contribution < 1.29 is 24.6 Å². The van der Waals surface area contributed by atoms with Gasteiger partial charge in [-0.1, -0.05) is 6.08 Å². The van der Waals surface area contributed by atoms with Crippen LogP contribution in [-0.2, 0) is 14.4 Å². The van der Waals surface area contributed by atoms with Gasteiger partial charge in [-0.25, -0.2) is 4.79 Å². The lowest BCUT2D eigenvalue weighted by molar-refractivity contribution is -0.142. The number of carboxylic acid groups (broad SMARTS) is 2.